The second-order valence-corrected chi connectivity index (χ2v) is 5.57. The van der Waals surface area contributed by atoms with Gasteiger partial charge in [0.25, 0.3) is 11.6 Å². The lowest BCUT2D eigenvalue weighted by molar-refractivity contribution is -0.385. The SMILES string of the molecule is COc1cc(CCC(=O)NCc2cc([N+](=O)[O-])cc3c2OCOC3)on1. The molecule has 1 aromatic heterocycles. The van der Waals surface area contributed by atoms with Crippen molar-refractivity contribution in [2.45, 2.75) is 26.0 Å². The zero-order valence-corrected chi connectivity index (χ0v) is 14.0. The van der Waals surface area contributed by atoms with Crippen LogP contribution in [0.2, 0.25) is 0 Å². The molecule has 0 spiro atoms. The van der Waals surface area contributed by atoms with E-state index in [-0.39, 0.29) is 38.0 Å². The van der Waals surface area contributed by atoms with Crippen LogP contribution in [0.5, 0.6) is 11.6 Å². The van der Waals surface area contributed by atoms with Gasteiger partial charge in [-0.05, 0) is 5.16 Å². The molecule has 1 aromatic carbocycles. The molecule has 1 aliphatic rings. The third kappa shape index (κ3) is 4.09. The van der Waals surface area contributed by atoms with Crippen molar-refractivity contribution in [2.24, 2.45) is 0 Å². The molecule has 10 nitrogen and oxygen atoms in total. The van der Waals surface area contributed by atoms with Crippen LogP contribution in [-0.2, 0) is 29.1 Å². The molecule has 0 saturated carbocycles. The number of amides is 1. The van der Waals surface area contributed by atoms with Crippen LogP contribution < -0.4 is 14.8 Å². The Morgan fingerprint density at radius 1 is 1.42 bits per heavy atom. The van der Waals surface area contributed by atoms with Gasteiger partial charge in [0.2, 0.25) is 5.91 Å². The lowest BCUT2D eigenvalue weighted by atomic mass is 10.1. The zero-order chi connectivity index (χ0) is 18.5. The summed E-state index contributed by atoms with van der Waals surface area (Å²) in [7, 11) is 1.47. The van der Waals surface area contributed by atoms with Gasteiger partial charge >= 0.3 is 0 Å². The number of aryl methyl sites for hydroxylation is 1. The third-order valence-electron chi connectivity index (χ3n) is 3.80. The molecular formula is C16H17N3O7. The number of fused-ring (bicyclic) bond motifs is 1. The van der Waals surface area contributed by atoms with E-state index in [0.717, 1.165) is 0 Å². The number of hydrogen-bond donors (Lipinski definition) is 1. The van der Waals surface area contributed by atoms with Crippen molar-refractivity contribution in [1.29, 1.82) is 0 Å². The molecule has 10 heteroatoms. The molecule has 0 aliphatic carbocycles. The lowest BCUT2D eigenvalue weighted by Crippen LogP contribution is -2.24. The van der Waals surface area contributed by atoms with Crippen LogP contribution >= 0.6 is 0 Å². The van der Waals surface area contributed by atoms with Crippen molar-refractivity contribution in [1.82, 2.24) is 10.5 Å². The van der Waals surface area contributed by atoms with Gasteiger partial charge in [-0.3, -0.25) is 14.9 Å². The zero-order valence-electron chi connectivity index (χ0n) is 14.0. The van der Waals surface area contributed by atoms with E-state index < -0.39 is 4.92 Å². The monoisotopic (exact) mass is 363 g/mol. The maximum atomic E-state index is 12.0. The number of nitro groups is 1. The molecule has 2 heterocycles. The standard InChI is InChI=1S/C16H17N3O7/c1-23-15-6-13(26-18-15)2-3-14(20)17-7-10-4-12(19(21)22)5-11-8-24-9-25-16(10)11/h4-6H,2-3,7-9H2,1H3,(H,17,20). The minimum atomic E-state index is -0.489. The summed E-state index contributed by atoms with van der Waals surface area (Å²) in [6.07, 6.45) is 0.541. The summed E-state index contributed by atoms with van der Waals surface area (Å²) in [4.78, 5) is 22.6. The minimum absolute atomic E-state index is 0.0685. The molecule has 2 aromatic rings. The van der Waals surface area contributed by atoms with Crippen molar-refractivity contribution < 1.29 is 28.5 Å². The molecule has 138 valence electrons. The normalized spacial score (nSPS) is 12.8. The molecule has 3 rings (SSSR count). The summed E-state index contributed by atoms with van der Waals surface area (Å²) in [5.74, 6) is 1.17. The van der Waals surface area contributed by atoms with E-state index in [0.29, 0.717) is 34.9 Å². The number of methoxy groups -OCH3 is 1. The largest absolute Gasteiger partial charge is 0.479 e. The van der Waals surface area contributed by atoms with E-state index in [1.807, 2.05) is 0 Å². The van der Waals surface area contributed by atoms with E-state index in [9.17, 15) is 14.9 Å². The predicted octanol–water partition coefficient (Wildman–Crippen LogP) is 1.71. The number of ether oxygens (including phenoxy) is 3. The molecule has 0 unspecified atom stereocenters. The Bertz CT molecular complexity index is 818. The first-order valence-corrected chi connectivity index (χ1v) is 7.84. The Hall–Kier alpha value is -3.14. The highest BCUT2D eigenvalue weighted by Gasteiger charge is 2.21. The van der Waals surface area contributed by atoms with Crippen LogP contribution in [0, 0.1) is 10.1 Å². The minimum Gasteiger partial charge on any atom is -0.479 e. The smallest absolute Gasteiger partial charge is 0.270 e. The maximum absolute atomic E-state index is 12.0. The van der Waals surface area contributed by atoms with E-state index in [2.05, 4.69) is 10.5 Å². The molecule has 0 fully saturated rings. The summed E-state index contributed by atoms with van der Waals surface area (Å²) in [5, 5.41) is 17.5. The Labute approximate surface area is 148 Å². The number of rotatable bonds is 7. The van der Waals surface area contributed by atoms with Crippen molar-refractivity contribution in [2.75, 3.05) is 13.9 Å². The number of nitrogens with one attached hydrogen (secondary N) is 1. The third-order valence-corrected chi connectivity index (χ3v) is 3.80. The second-order valence-electron chi connectivity index (χ2n) is 5.57. The van der Waals surface area contributed by atoms with E-state index in [4.69, 9.17) is 18.7 Å². The van der Waals surface area contributed by atoms with Gasteiger partial charge in [0.05, 0.1) is 18.6 Å². The number of carbonyl (C=O) groups excluding carboxylic acids is 1. The number of hydrogen-bond acceptors (Lipinski definition) is 8. The Morgan fingerprint density at radius 2 is 2.27 bits per heavy atom. The number of carbonyl (C=O) groups is 1. The van der Waals surface area contributed by atoms with Gasteiger partial charge in [-0.25, -0.2) is 0 Å². The highest BCUT2D eigenvalue weighted by molar-refractivity contribution is 5.76. The molecule has 0 atom stereocenters. The Balaban J connectivity index is 1.62. The topological polar surface area (TPSA) is 126 Å². The van der Waals surface area contributed by atoms with Crippen LogP contribution in [0.3, 0.4) is 0 Å². The number of benzene rings is 1. The molecule has 0 radical (unpaired) electrons. The van der Waals surface area contributed by atoms with Gasteiger partial charge in [-0.2, -0.15) is 0 Å². The van der Waals surface area contributed by atoms with Gasteiger partial charge < -0.3 is 24.1 Å². The summed E-state index contributed by atoms with van der Waals surface area (Å²) in [5.41, 5.74) is 1.05. The van der Waals surface area contributed by atoms with Gasteiger partial charge in [0.15, 0.2) is 6.79 Å². The molecule has 1 aliphatic heterocycles. The summed E-state index contributed by atoms with van der Waals surface area (Å²) in [6, 6.07) is 4.42. The predicted molar refractivity (Wildman–Crippen MR) is 86.6 cm³/mol. The molecule has 26 heavy (non-hydrogen) atoms. The van der Waals surface area contributed by atoms with Crippen LogP contribution in [0.4, 0.5) is 5.69 Å². The van der Waals surface area contributed by atoms with Crippen molar-refractivity contribution >= 4 is 11.6 Å². The van der Waals surface area contributed by atoms with Crippen molar-refractivity contribution in [3.8, 4) is 11.6 Å². The fourth-order valence-corrected chi connectivity index (χ4v) is 2.54. The maximum Gasteiger partial charge on any atom is 0.270 e. The average Bonchev–Trinajstić information content (AvgIpc) is 3.12. The first kappa shape index (κ1) is 17.7. The number of nitrogens with zero attached hydrogens (tertiary/aromatic N) is 2. The lowest BCUT2D eigenvalue weighted by Gasteiger charge is -2.20. The molecule has 1 N–H and O–H groups in total. The number of nitro benzene ring substituents is 1. The van der Waals surface area contributed by atoms with E-state index >= 15 is 0 Å². The van der Waals surface area contributed by atoms with Gasteiger partial charge in [-0.15, -0.1) is 0 Å². The van der Waals surface area contributed by atoms with Crippen LogP contribution in [0.25, 0.3) is 0 Å². The average molecular weight is 363 g/mol. The molecule has 1 amide bonds. The van der Waals surface area contributed by atoms with Crippen molar-refractivity contribution in [3.05, 3.63) is 45.2 Å². The highest BCUT2D eigenvalue weighted by atomic mass is 16.7. The first-order chi connectivity index (χ1) is 12.6. The van der Waals surface area contributed by atoms with Gasteiger partial charge in [0.1, 0.15) is 11.5 Å². The number of non-ortho nitro benzene ring substituents is 1. The quantitative estimate of drug-likeness (QED) is 0.582. The van der Waals surface area contributed by atoms with Gasteiger partial charge in [0, 0.05) is 48.7 Å². The van der Waals surface area contributed by atoms with Gasteiger partial charge in [-0.1, -0.05) is 0 Å². The Kier molecular flexibility index (Phi) is 5.32. The first-order valence-electron chi connectivity index (χ1n) is 7.84. The van der Waals surface area contributed by atoms with Crippen LogP contribution in [-0.4, -0.2) is 29.9 Å². The second kappa shape index (κ2) is 7.83. The van der Waals surface area contributed by atoms with Crippen molar-refractivity contribution in [3.63, 3.8) is 0 Å². The fraction of sp³-hybridized carbons (Fsp3) is 0.375. The molecular weight excluding hydrogens is 346 g/mol. The summed E-state index contributed by atoms with van der Waals surface area (Å²) < 4.78 is 20.5. The van der Waals surface area contributed by atoms with Crippen LogP contribution in [0.15, 0.2) is 22.7 Å². The van der Waals surface area contributed by atoms with E-state index in [1.165, 1.54) is 19.2 Å². The Morgan fingerprint density at radius 3 is 3.00 bits per heavy atom. The highest BCUT2D eigenvalue weighted by Crippen LogP contribution is 2.32. The summed E-state index contributed by atoms with van der Waals surface area (Å²) in [6.45, 7) is 0.410. The van der Waals surface area contributed by atoms with E-state index in [1.54, 1.807) is 6.07 Å². The molecule has 0 bridgehead atoms. The number of aromatic nitrogens is 1. The fourth-order valence-electron chi connectivity index (χ4n) is 2.54. The van der Waals surface area contributed by atoms with Crippen LogP contribution in [0.1, 0.15) is 23.3 Å². The summed E-state index contributed by atoms with van der Waals surface area (Å²) >= 11 is 0. The molecule has 0 saturated heterocycles.